The number of carbonyl (C=O) groups is 1. The van der Waals surface area contributed by atoms with Crippen LogP contribution in [0.3, 0.4) is 0 Å². The molecule has 0 bridgehead atoms. The molecule has 0 aliphatic rings. The van der Waals surface area contributed by atoms with Gasteiger partial charge >= 0.3 is 12.1 Å². The summed E-state index contributed by atoms with van der Waals surface area (Å²) in [6, 6.07) is 7.14. The Balaban J connectivity index is 1.96. The van der Waals surface area contributed by atoms with Crippen LogP contribution in [0.1, 0.15) is 21.6 Å². The van der Waals surface area contributed by atoms with Gasteiger partial charge in [0.2, 0.25) is 0 Å². The SMILES string of the molecule is COC(=O)c1cc(NCCc2ccc(C(F)(F)F)cn2)ccc1Cl. The lowest BCUT2D eigenvalue weighted by Crippen LogP contribution is -2.09. The fourth-order valence-corrected chi connectivity index (χ4v) is 2.17. The normalized spacial score (nSPS) is 11.2. The Labute approximate surface area is 141 Å². The van der Waals surface area contributed by atoms with Crippen LogP contribution in [0.5, 0.6) is 0 Å². The summed E-state index contributed by atoms with van der Waals surface area (Å²) >= 11 is 5.92. The largest absolute Gasteiger partial charge is 0.465 e. The first-order chi connectivity index (χ1) is 11.3. The highest BCUT2D eigenvalue weighted by Crippen LogP contribution is 2.28. The summed E-state index contributed by atoms with van der Waals surface area (Å²) in [5, 5.41) is 3.33. The molecule has 1 N–H and O–H groups in total. The molecule has 0 spiro atoms. The summed E-state index contributed by atoms with van der Waals surface area (Å²) in [4.78, 5) is 15.4. The maximum Gasteiger partial charge on any atom is 0.417 e. The van der Waals surface area contributed by atoms with Crippen molar-refractivity contribution in [3.63, 3.8) is 0 Å². The minimum atomic E-state index is -4.39. The molecule has 1 aromatic heterocycles. The topological polar surface area (TPSA) is 51.2 Å². The molecule has 1 heterocycles. The molecule has 0 radical (unpaired) electrons. The molecule has 0 aliphatic carbocycles. The van der Waals surface area contributed by atoms with Crippen molar-refractivity contribution in [2.24, 2.45) is 0 Å². The van der Waals surface area contributed by atoms with Crippen molar-refractivity contribution < 1.29 is 22.7 Å². The summed E-state index contributed by atoms with van der Waals surface area (Å²) in [7, 11) is 1.26. The number of halogens is 4. The molecule has 0 saturated heterocycles. The zero-order valence-corrected chi connectivity index (χ0v) is 13.4. The smallest absolute Gasteiger partial charge is 0.417 e. The minimum absolute atomic E-state index is 0.233. The number of hydrogen-bond donors (Lipinski definition) is 1. The van der Waals surface area contributed by atoms with Crippen LogP contribution >= 0.6 is 11.6 Å². The monoisotopic (exact) mass is 358 g/mol. The Morgan fingerprint density at radius 2 is 2.04 bits per heavy atom. The van der Waals surface area contributed by atoms with E-state index >= 15 is 0 Å². The van der Waals surface area contributed by atoms with Gasteiger partial charge in [0.25, 0.3) is 0 Å². The third-order valence-electron chi connectivity index (χ3n) is 3.23. The van der Waals surface area contributed by atoms with E-state index in [4.69, 9.17) is 11.6 Å². The molecule has 2 rings (SSSR count). The molecule has 0 amide bonds. The standard InChI is InChI=1S/C16H14ClF3N2O2/c1-24-15(23)13-8-12(4-5-14(13)17)21-7-6-11-3-2-10(9-22-11)16(18,19)20/h2-5,8-9,21H,6-7H2,1H3. The van der Waals surface area contributed by atoms with Crippen molar-refractivity contribution in [3.8, 4) is 0 Å². The fraction of sp³-hybridized carbons (Fsp3) is 0.250. The number of rotatable bonds is 5. The van der Waals surface area contributed by atoms with Crippen molar-refractivity contribution in [3.05, 3.63) is 58.4 Å². The second-order valence-electron chi connectivity index (χ2n) is 4.90. The molecule has 128 valence electrons. The van der Waals surface area contributed by atoms with E-state index in [1.165, 1.54) is 13.2 Å². The summed E-state index contributed by atoms with van der Waals surface area (Å²) < 4.78 is 42.0. The van der Waals surface area contributed by atoms with Gasteiger partial charge in [0.1, 0.15) is 0 Å². The van der Waals surface area contributed by atoms with Gasteiger partial charge in [0, 0.05) is 30.5 Å². The second-order valence-corrected chi connectivity index (χ2v) is 5.31. The summed E-state index contributed by atoms with van der Waals surface area (Å²) in [6.45, 7) is 0.431. The van der Waals surface area contributed by atoms with Gasteiger partial charge in [-0.05, 0) is 30.3 Å². The van der Waals surface area contributed by atoms with Crippen molar-refractivity contribution in [2.75, 3.05) is 19.0 Å². The number of nitrogens with zero attached hydrogens (tertiary/aromatic N) is 1. The van der Waals surface area contributed by atoms with E-state index in [2.05, 4.69) is 15.0 Å². The van der Waals surface area contributed by atoms with E-state index in [0.29, 0.717) is 24.3 Å². The highest BCUT2D eigenvalue weighted by Gasteiger charge is 2.30. The number of aromatic nitrogens is 1. The van der Waals surface area contributed by atoms with E-state index in [1.807, 2.05) is 0 Å². The molecule has 0 aliphatic heterocycles. The molecule has 4 nitrogen and oxygen atoms in total. The van der Waals surface area contributed by atoms with Gasteiger partial charge in [-0.1, -0.05) is 11.6 Å². The number of anilines is 1. The highest BCUT2D eigenvalue weighted by atomic mass is 35.5. The maximum absolute atomic E-state index is 12.5. The van der Waals surface area contributed by atoms with Crippen LogP contribution in [0.4, 0.5) is 18.9 Å². The van der Waals surface area contributed by atoms with Crippen LogP contribution in [0.15, 0.2) is 36.5 Å². The van der Waals surface area contributed by atoms with Crippen LogP contribution < -0.4 is 5.32 Å². The first kappa shape index (κ1) is 18.1. The van der Waals surface area contributed by atoms with E-state index in [1.54, 1.807) is 18.2 Å². The van der Waals surface area contributed by atoms with E-state index in [0.717, 1.165) is 12.3 Å². The first-order valence-corrected chi connectivity index (χ1v) is 7.33. The molecule has 0 atom stereocenters. The molecule has 2 aromatic rings. The van der Waals surface area contributed by atoms with Crippen LogP contribution in [0.2, 0.25) is 5.02 Å². The Bertz CT molecular complexity index is 718. The number of methoxy groups -OCH3 is 1. The lowest BCUT2D eigenvalue weighted by Gasteiger charge is -2.10. The number of ether oxygens (including phenoxy) is 1. The van der Waals surface area contributed by atoms with Crippen molar-refractivity contribution in [2.45, 2.75) is 12.6 Å². The quantitative estimate of drug-likeness (QED) is 0.814. The van der Waals surface area contributed by atoms with Gasteiger partial charge in [0.15, 0.2) is 0 Å². The zero-order chi connectivity index (χ0) is 17.7. The van der Waals surface area contributed by atoms with Crippen LogP contribution in [0.25, 0.3) is 0 Å². The predicted octanol–water partition coefficient (Wildman–Crippen LogP) is 4.20. The van der Waals surface area contributed by atoms with E-state index in [9.17, 15) is 18.0 Å². The molecular formula is C16H14ClF3N2O2. The Kier molecular flexibility index (Phi) is 5.66. The summed E-state index contributed by atoms with van der Waals surface area (Å²) in [5.41, 5.74) is 0.626. The van der Waals surface area contributed by atoms with E-state index < -0.39 is 17.7 Å². The lowest BCUT2D eigenvalue weighted by molar-refractivity contribution is -0.137. The average molecular weight is 359 g/mol. The van der Waals surface area contributed by atoms with Crippen LogP contribution in [-0.4, -0.2) is 24.6 Å². The van der Waals surface area contributed by atoms with Crippen molar-refractivity contribution >= 4 is 23.3 Å². The van der Waals surface area contributed by atoms with Crippen molar-refractivity contribution in [1.29, 1.82) is 0 Å². The van der Waals surface area contributed by atoms with Crippen molar-refractivity contribution in [1.82, 2.24) is 4.98 Å². The number of pyridine rings is 1. The Morgan fingerprint density at radius 1 is 1.29 bits per heavy atom. The number of benzene rings is 1. The van der Waals surface area contributed by atoms with Gasteiger partial charge < -0.3 is 10.1 Å². The van der Waals surface area contributed by atoms with Gasteiger partial charge in [-0.25, -0.2) is 4.79 Å². The highest BCUT2D eigenvalue weighted by molar-refractivity contribution is 6.33. The number of nitrogens with one attached hydrogen (secondary N) is 1. The van der Waals surface area contributed by atoms with Crippen LogP contribution in [-0.2, 0) is 17.3 Å². The lowest BCUT2D eigenvalue weighted by atomic mass is 10.2. The zero-order valence-electron chi connectivity index (χ0n) is 12.7. The molecule has 0 saturated carbocycles. The fourth-order valence-electron chi connectivity index (χ4n) is 1.98. The van der Waals surface area contributed by atoms with Gasteiger partial charge in [-0.2, -0.15) is 13.2 Å². The minimum Gasteiger partial charge on any atom is -0.465 e. The molecule has 8 heteroatoms. The number of hydrogen-bond acceptors (Lipinski definition) is 4. The molecule has 0 unspecified atom stereocenters. The number of carbonyl (C=O) groups excluding carboxylic acids is 1. The second kappa shape index (κ2) is 7.53. The van der Waals surface area contributed by atoms with Crippen LogP contribution in [0, 0.1) is 0 Å². The number of alkyl halides is 3. The summed E-state index contributed by atoms with van der Waals surface area (Å²) in [6.07, 6.45) is -3.15. The molecule has 24 heavy (non-hydrogen) atoms. The summed E-state index contributed by atoms with van der Waals surface area (Å²) in [5.74, 6) is -0.548. The van der Waals surface area contributed by atoms with Gasteiger partial charge in [-0.3, -0.25) is 4.98 Å². The number of esters is 1. The third kappa shape index (κ3) is 4.61. The first-order valence-electron chi connectivity index (χ1n) is 6.95. The molecule has 0 fully saturated rings. The average Bonchev–Trinajstić information content (AvgIpc) is 2.55. The Hall–Kier alpha value is -2.28. The third-order valence-corrected chi connectivity index (χ3v) is 3.56. The Morgan fingerprint density at radius 3 is 2.62 bits per heavy atom. The predicted molar refractivity (Wildman–Crippen MR) is 84.2 cm³/mol. The van der Waals surface area contributed by atoms with Gasteiger partial charge in [0.05, 0.1) is 23.3 Å². The molecule has 1 aromatic carbocycles. The maximum atomic E-state index is 12.5. The molecular weight excluding hydrogens is 345 g/mol. The van der Waals surface area contributed by atoms with E-state index in [-0.39, 0.29) is 10.6 Å². The van der Waals surface area contributed by atoms with Gasteiger partial charge in [-0.15, -0.1) is 0 Å².